The van der Waals surface area contributed by atoms with Gasteiger partial charge in [0.25, 0.3) is 0 Å². The Hall–Kier alpha value is -0.840. The summed E-state index contributed by atoms with van der Waals surface area (Å²) in [6.07, 6.45) is 0.0562. The molecule has 1 aromatic rings. The summed E-state index contributed by atoms with van der Waals surface area (Å²) < 4.78 is 19.0. The lowest BCUT2D eigenvalue weighted by Crippen LogP contribution is -2.31. The van der Waals surface area contributed by atoms with Crippen LogP contribution in [-0.2, 0) is 0 Å². The summed E-state index contributed by atoms with van der Waals surface area (Å²) >= 11 is 5.97. The van der Waals surface area contributed by atoms with Gasteiger partial charge in [-0.3, -0.25) is 0 Å². The van der Waals surface area contributed by atoms with E-state index in [0.29, 0.717) is 12.2 Å². The molecule has 1 rings (SSSR count). The lowest BCUT2D eigenvalue weighted by atomic mass is 9.91. The molecule has 0 aromatic heterocycles. The van der Waals surface area contributed by atoms with Crippen LogP contribution in [0.5, 0.6) is 5.75 Å². The zero-order valence-electron chi connectivity index (χ0n) is 11.5. The molecule has 0 amide bonds. The van der Waals surface area contributed by atoms with Crippen molar-refractivity contribution in [2.75, 3.05) is 6.61 Å². The Bertz CT molecular complexity index is 405. The first-order valence-corrected chi connectivity index (χ1v) is 6.85. The summed E-state index contributed by atoms with van der Waals surface area (Å²) in [4.78, 5) is 0. The van der Waals surface area contributed by atoms with E-state index in [9.17, 15) is 9.50 Å². The maximum atomic E-state index is 13.9. The number of hydrogen-bond donors (Lipinski definition) is 2. The summed E-state index contributed by atoms with van der Waals surface area (Å²) in [7, 11) is 0. The molecule has 3 atom stereocenters. The Morgan fingerprint density at radius 3 is 2.53 bits per heavy atom. The van der Waals surface area contributed by atoms with E-state index in [2.05, 4.69) is 0 Å². The average Bonchev–Trinajstić information content (AvgIpc) is 2.40. The Morgan fingerprint density at radius 2 is 2.05 bits per heavy atom. The van der Waals surface area contributed by atoms with E-state index < -0.39 is 18.0 Å². The molecule has 0 saturated heterocycles. The predicted octanol–water partition coefficient (Wildman–Crippen LogP) is 3.28. The number of ether oxygens (including phenoxy) is 1. The van der Waals surface area contributed by atoms with Crippen LogP contribution >= 0.6 is 11.6 Å². The Morgan fingerprint density at radius 1 is 1.42 bits per heavy atom. The van der Waals surface area contributed by atoms with Crippen molar-refractivity contribution in [2.45, 2.75) is 39.3 Å². The monoisotopic (exact) mass is 289 g/mol. The van der Waals surface area contributed by atoms with Crippen LogP contribution in [0.15, 0.2) is 12.1 Å². The summed E-state index contributed by atoms with van der Waals surface area (Å²) in [6.45, 7) is 5.95. The maximum Gasteiger partial charge on any atom is 0.173 e. The number of nitrogens with two attached hydrogens (primary N) is 1. The van der Waals surface area contributed by atoms with E-state index >= 15 is 0 Å². The minimum Gasteiger partial charge on any atom is -0.489 e. The zero-order valence-corrected chi connectivity index (χ0v) is 12.2. The molecule has 0 spiro atoms. The average molecular weight is 290 g/mol. The van der Waals surface area contributed by atoms with Crippen molar-refractivity contribution in [1.82, 2.24) is 0 Å². The molecule has 0 heterocycles. The standard InChI is InChI=1S/C14H21ClFNO2/c1-4-8(3)13(18)12(17)9-6-10(15)14(19-5-2)11(16)7-9/h6-8,12-13,18H,4-5,17H2,1-3H3/t8?,12-,13+/m1/s1. The van der Waals surface area contributed by atoms with E-state index in [0.717, 1.165) is 6.42 Å². The van der Waals surface area contributed by atoms with Crippen LogP contribution in [0.2, 0.25) is 5.02 Å². The van der Waals surface area contributed by atoms with Gasteiger partial charge in [0.15, 0.2) is 11.6 Å². The molecule has 0 aliphatic heterocycles. The van der Waals surface area contributed by atoms with Crippen molar-refractivity contribution in [3.05, 3.63) is 28.5 Å². The number of halogens is 2. The van der Waals surface area contributed by atoms with E-state index in [1.165, 1.54) is 6.07 Å². The van der Waals surface area contributed by atoms with Crippen LogP contribution in [0.1, 0.15) is 38.8 Å². The number of aliphatic hydroxyl groups excluding tert-OH is 1. The molecule has 3 N–H and O–H groups in total. The molecule has 1 unspecified atom stereocenters. The van der Waals surface area contributed by atoms with Gasteiger partial charge in [0, 0.05) is 0 Å². The molecule has 0 aliphatic carbocycles. The minimum atomic E-state index is -0.738. The summed E-state index contributed by atoms with van der Waals surface area (Å²) in [5.74, 6) is -0.502. The minimum absolute atomic E-state index is 0.0261. The SMILES string of the molecule is CCOc1c(F)cc([C@@H](N)[C@@H](O)C(C)CC)cc1Cl. The highest BCUT2D eigenvalue weighted by Crippen LogP contribution is 2.32. The van der Waals surface area contributed by atoms with Crippen molar-refractivity contribution >= 4 is 11.6 Å². The van der Waals surface area contributed by atoms with Crippen molar-refractivity contribution in [3.8, 4) is 5.75 Å². The van der Waals surface area contributed by atoms with Gasteiger partial charge in [-0.15, -0.1) is 0 Å². The van der Waals surface area contributed by atoms with Gasteiger partial charge in [0.05, 0.1) is 23.8 Å². The third-order valence-electron chi connectivity index (χ3n) is 3.29. The van der Waals surface area contributed by atoms with Crippen molar-refractivity contribution in [1.29, 1.82) is 0 Å². The molecule has 108 valence electrons. The van der Waals surface area contributed by atoms with E-state index in [1.807, 2.05) is 13.8 Å². The lowest BCUT2D eigenvalue weighted by molar-refractivity contribution is 0.0878. The van der Waals surface area contributed by atoms with Gasteiger partial charge >= 0.3 is 0 Å². The van der Waals surface area contributed by atoms with Gasteiger partial charge in [0.1, 0.15) is 0 Å². The Balaban J connectivity index is 3.02. The van der Waals surface area contributed by atoms with Gasteiger partial charge in [-0.25, -0.2) is 4.39 Å². The highest BCUT2D eigenvalue weighted by molar-refractivity contribution is 6.32. The largest absolute Gasteiger partial charge is 0.489 e. The van der Waals surface area contributed by atoms with Gasteiger partial charge in [-0.1, -0.05) is 31.9 Å². The van der Waals surface area contributed by atoms with Gasteiger partial charge < -0.3 is 15.6 Å². The van der Waals surface area contributed by atoms with E-state index in [1.54, 1.807) is 13.0 Å². The maximum absolute atomic E-state index is 13.9. The summed E-state index contributed by atoms with van der Waals surface area (Å²) in [5, 5.41) is 10.2. The first-order chi connectivity index (χ1) is 8.92. The van der Waals surface area contributed by atoms with Gasteiger partial charge in [-0.2, -0.15) is 0 Å². The van der Waals surface area contributed by atoms with Crippen LogP contribution in [0, 0.1) is 11.7 Å². The number of aliphatic hydroxyl groups is 1. The fraction of sp³-hybridized carbons (Fsp3) is 0.571. The lowest BCUT2D eigenvalue weighted by Gasteiger charge is -2.24. The fourth-order valence-electron chi connectivity index (χ4n) is 1.85. The van der Waals surface area contributed by atoms with Crippen LogP contribution in [-0.4, -0.2) is 17.8 Å². The van der Waals surface area contributed by atoms with E-state index in [4.69, 9.17) is 22.1 Å². The molecule has 0 saturated carbocycles. The van der Waals surface area contributed by atoms with Crippen LogP contribution in [0.3, 0.4) is 0 Å². The molecule has 1 aromatic carbocycles. The molecular formula is C14H21ClFNO2. The smallest absolute Gasteiger partial charge is 0.173 e. The number of hydrogen-bond acceptors (Lipinski definition) is 3. The van der Waals surface area contributed by atoms with Crippen molar-refractivity contribution in [3.63, 3.8) is 0 Å². The zero-order chi connectivity index (χ0) is 14.6. The third kappa shape index (κ3) is 3.81. The Kier molecular flexibility index (Phi) is 6.04. The molecule has 0 bridgehead atoms. The normalized spacial score (nSPS) is 15.9. The second kappa shape index (κ2) is 7.08. The van der Waals surface area contributed by atoms with Crippen molar-refractivity contribution < 1.29 is 14.2 Å². The van der Waals surface area contributed by atoms with Crippen LogP contribution in [0.4, 0.5) is 4.39 Å². The number of rotatable bonds is 6. The fourth-order valence-corrected chi connectivity index (χ4v) is 2.12. The molecular weight excluding hydrogens is 269 g/mol. The van der Waals surface area contributed by atoms with Gasteiger partial charge in [-0.05, 0) is 30.5 Å². The first-order valence-electron chi connectivity index (χ1n) is 6.47. The second-order valence-corrected chi connectivity index (χ2v) is 5.06. The van der Waals surface area contributed by atoms with Crippen LogP contribution < -0.4 is 10.5 Å². The molecule has 0 fully saturated rings. The summed E-state index contributed by atoms with van der Waals surface area (Å²) in [6, 6.07) is 2.15. The summed E-state index contributed by atoms with van der Waals surface area (Å²) in [5.41, 5.74) is 6.43. The quantitative estimate of drug-likeness (QED) is 0.845. The van der Waals surface area contributed by atoms with Crippen LogP contribution in [0.25, 0.3) is 0 Å². The molecule has 19 heavy (non-hydrogen) atoms. The second-order valence-electron chi connectivity index (χ2n) is 4.65. The van der Waals surface area contributed by atoms with Gasteiger partial charge in [0.2, 0.25) is 0 Å². The molecule has 3 nitrogen and oxygen atoms in total. The highest BCUT2D eigenvalue weighted by atomic mass is 35.5. The van der Waals surface area contributed by atoms with Crippen molar-refractivity contribution in [2.24, 2.45) is 11.7 Å². The topological polar surface area (TPSA) is 55.5 Å². The van der Waals surface area contributed by atoms with E-state index in [-0.39, 0.29) is 16.7 Å². The molecule has 0 aliphatic rings. The molecule has 0 radical (unpaired) electrons. The first kappa shape index (κ1) is 16.2. The Labute approximate surface area is 118 Å². The number of benzene rings is 1. The highest BCUT2D eigenvalue weighted by Gasteiger charge is 2.24. The third-order valence-corrected chi connectivity index (χ3v) is 3.57. The molecule has 5 heteroatoms. The predicted molar refractivity (Wildman–Crippen MR) is 75.0 cm³/mol.